The second kappa shape index (κ2) is 9.11. The highest BCUT2D eigenvalue weighted by molar-refractivity contribution is 9.10. The van der Waals surface area contributed by atoms with Crippen molar-refractivity contribution in [1.29, 1.82) is 0 Å². The van der Waals surface area contributed by atoms with E-state index in [1.54, 1.807) is 0 Å². The van der Waals surface area contributed by atoms with Gasteiger partial charge in [0.1, 0.15) is 0 Å². The largest absolute Gasteiger partial charge is 0.356 e. The summed E-state index contributed by atoms with van der Waals surface area (Å²) in [6.07, 6.45) is 3.43. The maximum absolute atomic E-state index is 12.0. The van der Waals surface area contributed by atoms with Crippen LogP contribution in [0.25, 0.3) is 0 Å². The van der Waals surface area contributed by atoms with E-state index in [9.17, 15) is 4.79 Å². The van der Waals surface area contributed by atoms with E-state index >= 15 is 0 Å². The molecule has 1 aromatic rings. The van der Waals surface area contributed by atoms with E-state index in [1.807, 2.05) is 18.2 Å². The Kier molecular flexibility index (Phi) is 8.19. The van der Waals surface area contributed by atoms with E-state index in [0.717, 1.165) is 42.5 Å². The van der Waals surface area contributed by atoms with Gasteiger partial charge in [0.05, 0.1) is 0 Å². The van der Waals surface area contributed by atoms with Crippen LogP contribution in [0.1, 0.15) is 31.7 Å². The Morgan fingerprint density at radius 1 is 1.41 bits per heavy atom. The summed E-state index contributed by atoms with van der Waals surface area (Å²) < 4.78 is 1.00. The fraction of sp³-hybridized carbons (Fsp3) is 0.562. The van der Waals surface area contributed by atoms with Crippen LogP contribution in [0.5, 0.6) is 0 Å². The zero-order valence-corrected chi connectivity index (χ0v) is 15.9. The van der Waals surface area contributed by atoms with Crippen molar-refractivity contribution in [3.05, 3.63) is 33.3 Å². The van der Waals surface area contributed by atoms with Gasteiger partial charge >= 0.3 is 0 Å². The molecule has 0 spiro atoms. The van der Waals surface area contributed by atoms with Crippen LogP contribution in [0.4, 0.5) is 0 Å². The molecule has 22 heavy (non-hydrogen) atoms. The standard InChI is InChI=1S/C16H22BrClN2O.ClH/c1-16(6-8-19-9-7-16)11-20-15(21)5-2-12-10-13(18)3-4-14(12)17;/h3-4,10,19H,2,5-9,11H2,1H3,(H,20,21);1H. The molecule has 0 bridgehead atoms. The van der Waals surface area contributed by atoms with Crippen molar-refractivity contribution in [3.63, 3.8) is 0 Å². The van der Waals surface area contributed by atoms with Crippen molar-refractivity contribution in [3.8, 4) is 0 Å². The van der Waals surface area contributed by atoms with E-state index in [-0.39, 0.29) is 23.7 Å². The Labute approximate surface area is 152 Å². The number of carbonyl (C=O) groups is 1. The summed E-state index contributed by atoms with van der Waals surface area (Å²) in [4.78, 5) is 12.0. The van der Waals surface area contributed by atoms with Gasteiger partial charge in [0.15, 0.2) is 0 Å². The van der Waals surface area contributed by atoms with Crippen molar-refractivity contribution in [1.82, 2.24) is 10.6 Å². The highest BCUT2D eigenvalue weighted by Crippen LogP contribution is 2.27. The fourth-order valence-electron chi connectivity index (χ4n) is 2.59. The Morgan fingerprint density at radius 2 is 2.09 bits per heavy atom. The van der Waals surface area contributed by atoms with Crippen molar-refractivity contribution >= 4 is 45.8 Å². The molecule has 0 aromatic heterocycles. The van der Waals surface area contributed by atoms with Crippen molar-refractivity contribution in [2.75, 3.05) is 19.6 Å². The highest BCUT2D eigenvalue weighted by atomic mass is 79.9. The molecule has 2 N–H and O–H groups in total. The third-order valence-corrected chi connectivity index (χ3v) is 5.16. The third-order valence-electron chi connectivity index (χ3n) is 4.15. The molecular formula is C16H23BrCl2N2O. The van der Waals surface area contributed by atoms with Gasteiger partial charge in [-0.25, -0.2) is 0 Å². The first-order chi connectivity index (χ1) is 9.98. The number of hydrogen-bond donors (Lipinski definition) is 2. The molecule has 1 saturated heterocycles. The monoisotopic (exact) mass is 408 g/mol. The first-order valence-corrected chi connectivity index (χ1v) is 8.57. The molecule has 1 heterocycles. The molecular weight excluding hydrogens is 387 g/mol. The Morgan fingerprint density at radius 3 is 2.77 bits per heavy atom. The third kappa shape index (κ3) is 6.07. The summed E-state index contributed by atoms with van der Waals surface area (Å²) in [5, 5.41) is 7.14. The van der Waals surface area contributed by atoms with Gasteiger partial charge in [-0.05, 0) is 61.5 Å². The number of amides is 1. The summed E-state index contributed by atoms with van der Waals surface area (Å²) in [5.74, 6) is 0.113. The molecule has 0 saturated carbocycles. The summed E-state index contributed by atoms with van der Waals surface area (Å²) in [6, 6.07) is 5.67. The maximum atomic E-state index is 12.0. The van der Waals surface area contributed by atoms with Crippen molar-refractivity contribution in [2.45, 2.75) is 32.6 Å². The van der Waals surface area contributed by atoms with Crippen LogP contribution in [0.15, 0.2) is 22.7 Å². The van der Waals surface area contributed by atoms with Crippen LogP contribution >= 0.6 is 39.9 Å². The Hall–Kier alpha value is -0.290. The van der Waals surface area contributed by atoms with Crippen LogP contribution in [0.3, 0.4) is 0 Å². The average Bonchev–Trinajstić information content (AvgIpc) is 2.47. The molecule has 0 aliphatic carbocycles. The molecule has 1 aliphatic heterocycles. The van der Waals surface area contributed by atoms with Crippen molar-refractivity contribution in [2.24, 2.45) is 5.41 Å². The van der Waals surface area contributed by atoms with Gasteiger partial charge in [0.25, 0.3) is 0 Å². The number of carbonyl (C=O) groups excluding carboxylic acids is 1. The number of aryl methyl sites for hydroxylation is 1. The summed E-state index contributed by atoms with van der Waals surface area (Å²) in [5.41, 5.74) is 1.31. The van der Waals surface area contributed by atoms with Gasteiger partial charge < -0.3 is 10.6 Å². The van der Waals surface area contributed by atoms with Gasteiger partial charge in [-0.1, -0.05) is 34.5 Å². The molecule has 2 rings (SSSR count). The lowest BCUT2D eigenvalue weighted by Gasteiger charge is -2.34. The van der Waals surface area contributed by atoms with Gasteiger partial charge in [0, 0.05) is 22.5 Å². The van der Waals surface area contributed by atoms with E-state index in [0.29, 0.717) is 17.9 Å². The van der Waals surface area contributed by atoms with E-state index < -0.39 is 0 Å². The lowest BCUT2D eigenvalue weighted by atomic mass is 9.81. The molecule has 1 fully saturated rings. The Bertz CT molecular complexity index is 505. The molecule has 0 radical (unpaired) electrons. The van der Waals surface area contributed by atoms with Crippen LogP contribution in [0.2, 0.25) is 5.02 Å². The summed E-state index contributed by atoms with van der Waals surface area (Å²) in [6.45, 7) is 5.11. The average molecular weight is 410 g/mol. The number of hydrogen-bond acceptors (Lipinski definition) is 2. The SMILES string of the molecule is CC1(CNC(=O)CCc2cc(Cl)ccc2Br)CCNCC1.Cl. The predicted octanol–water partition coefficient (Wildman–Crippen LogP) is 3.96. The summed E-state index contributed by atoms with van der Waals surface area (Å²) in [7, 11) is 0. The fourth-order valence-corrected chi connectivity index (χ4v) is 3.23. The lowest BCUT2D eigenvalue weighted by molar-refractivity contribution is -0.121. The number of halogens is 3. The minimum Gasteiger partial charge on any atom is -0.356 e. The quantitative estimate of drug-likeness (QED) is 0.772. The molecule has 6 heteroatoms. The zero-order valence-electron chi connectivity index (χ0n) is 12.8. The molecule has 1 aliphatic rings. The maximum Gasteiger partial charge on any atom is 0.220 e. The van der Waals surface area contributed by atoms with E-state index in [4.69, 9.17) is 11.6 Å². The first kappa shape index (κ1) is 19.8. The Balaban J connectivity index is 0.00000242. The van der Waals surface area contributed by atoms with E-state index in [1.165, 1.54) is 0 Å². The number of piperidine rings is 1. The van der Waals surface area contributed by atoms with Crippen LogP contribution in [-0.2, 0) is 11.2 Å². The smallest absolute Gasteiger partial charge is 0.220 e. The number of nitrogens with one attached hydrogen (secondary N) is 2. The van der Waals surface area contributed by atoms with Gasteiger partial charge in [-0.2, -0.15) is 0 Å². The molecule has 3 nitrogen and oxygen atoms in total. The van der Waals surface area contributed by atoms with Gasteiger partial charge in [-0.15, -0.1) is 12.4 Å². The van der Waals surface area contributed by atoms with Crippen LogP contribution in [-0.4, -0.2) is 25.5 Å². The van der Waals surface area contributed by atoms with E-state index in [2.05, 4.69) is 33.5 Å². The first-order valence-electron chi connectivity index (χ1n) is 7.40. The van der Waals surface area contributed by atoms with Crippen LogP contribution < -0.4 is 10.6 Å². The molecule has 0 atom stereocenters. The van der Waals surface area contributed by atoms with Gasteiger partial charge in [-0.3, -0.25) is 4.79 Å². The number of rotatable bonds is 5. The zero-order chi connectivity index (χ0) is 15.3. The molecule has 1 amide bonds. The summed E-state index contributed by atoms with van der Waals surface area (Å²) >= 11 is 9.48. The predicted molar refractivity (Wildman–Crippen MR) is 97.9 cm³/mol. The molecule has 0 unspecified atom stereocenters. The normalized spacial score (nSPS) is 16.7. The van der Waals surface area contributed by atoms with Crippen molar-refractivity contribution < 1.29 is 4.79 Å². The minimum atomic E-state index is 0. The highest BCUT2D eigenvalue weighted by Gasteiger charge is 2.26. The molecule has 1 aromatic carbocycles. The minimum absolute atomic E-state index is 0. The second-order valence-electron chi connectivity index (χ2n) is 6.07. The van der Waals surface area contributed by atoms with Gasteiger partial charge in [0.2, 0.25) is 5.91 Å². The second-order valence-corrected chi connectivity index (χ2v) is 7.36. The number of benzene rings is 1. The van der Waals surface area contributed by atoms with Crippen LogP contribution in [0, 0.1) is 5.41 Å². The molecule has 124 valence electrons. The topological polar surface area (TPSA) is 41.1 Å². The lowest BCUT2D eigenvalue weighted by Crippen LogP contribution is -2.42.